The van der Waals surface area contributed by atoms with Crippen LogP contribution in [-0.4, -0.2) is 13.1 Å². The van der Waals surface area contributed by atoms with E-state index in [1.807, 2.05) is 0 Å². The number of aromatic nitrogens is 1. The Labute approximate surface area is 136 Å². The third kappa shape index (κ3) is 2.84. The van der Waals surface area contributed by atoms with Crippen LogP contribution in [0.2, 0.25) is 19.6 Å². The van der Waals surface area contributed by atoms with Crippen LogP contribution in [0.5, 0.6) is 0 Å². The second kappa shape index (κ2) is 5.36. The van der Waals surface area contributed by atoms with Gasteiger partial charge >= 0.3 is 0 Å². The van der Waals surface area contributed by atoms with Crippen molar-refractivity contribution in [2.24, 2.45) is 0 Å². The number of benzene rings is 2. The highest BCUT2D eigenvalue weighted by Crippen LogP contribution is 2.27. The monoisotopic (exact) mass is 307 g/mol. The minimum absolute atomic E-state index is 0.0457. The van der Waals surface area contributed by atoms with E-state index in [1.165, 1.54) is 16.3 Å². The van der Waals surface area contributed by atoms with Gasteiger partial charge in [-0.2, -0.15) is 0 Å². The van der Waals surface area contributed by atoms with Gasteiger partial charge in [0.05, 0.1) is 16.5 Å². The lowest BCUT2D eigenvalue weighted by Gasteiger charge is -2.17. The smallest absolute Gasteiger partial charge is 0.0840 e. The molecule has 112 valence electrons. The summed E-state index contributed by atoms with van der Waals surface area (Å²) in [5.41, 5.74) is 4.19. The van der Waals surface area contributed by atoms with Crippen LogP contribution in [0, 0.1) is 13.8 Å². The van der Waals surface area contributed by atoms with E-state index in [4.69, 9.17) is 2.74 Å². The second-order valence-electron chi connectivity index (χ2n) is 7.08. The Morgan fingerprint density at radius 2 is 1.64 bits per heavy atom. The first-order chi connectivity index (χ1) is 11.2. The molecule has 0 amide bonds. The molecule has 0 radical (unpaired) electrons. The molecule has 3 rings (SSSR count). The normalized spacial score (nSPS) is 13.1. The van der Waals surface area contributed by atoms with Gasteiger partial charge in [-0.1, -0.05) is 60.2 Å². The Balaban J connectivity index is 2.35. The third-order valence-corrected chi connectivity index (χ3v) is 6.04. The average molecular weight is 308 g/mol. The first kappa shape index (κ1) is 12.6. The van der Waals surface area contributed by atoms with E-state index in [1.54, 1.807) is 0 Å². The number of hydrogen-bond donors (Lipinski definition) is 0. The molecule has 0 aliphatic carbocycles. The molecule has 3 aromatic rings. The Kier molecular flexibility index (Phi) is 3.07. The van der Waals surface area contributed by atoms with Crippen LogP contribution in [0.4, 0.5) is 0 Å². The first-order valence-corrected chi connectivity index (χ1v) is 11.2. The first-order valence-electron chi connectivity index (χ1n) is 8.67. The van der Waals surface area contributed by atoms with E-state index in [-0.39, 0.29) is 12.2 Å². The highest BCUT2D eigenvalue weighted by Gasteiger charge is 2.17. The topological polar surface area (TPSA) is 12.9 Å². The van der Waals surface area contributed by atoms with E-state index < -0.39 is 8.07 Å². The largest absolute Gasteiger partial charge is 0.256 e. The van der Waals surface area contributed by atoms with Crippen molar-refractivity contribution >= 4 is 24.0 Å². The predicted molar refractivity (Wildman–Crippen MR) is 99.6 cm³/mol. The van der Waals surface area contributed by atoms with Gasteiger partial charge in [0.25, 0.3) is 0 Å². The summed E-state index contributed by atoms with van der Waals surface area (Å²) in [6.07, 6.45) is 0.0457. The Morgan fingerprint density at radius 3 is 2.27 bits per heavy atom. The van der Waals surface area contributed by atoms with Gasteiger partial charge in [0.15, 0.2) is 0 Å². The van der Waals surface area contributed by atoms with Crippen LogP contribution in [-0.2, 0) is 0 Å². The summed E-state index contributed by atoms with van der Waals surface area (Å²) in [6.45, 7) is 11.0. The van der Waals surface area contributed by atoms with Gasteiger partial charge in [0.1, 0.15) is 0 Å². The molecule has 2 aromatic carbocycles. The van der Waals surface area contributed by atoms with Gasteiger partial charge in [-0.3, -0.25) is 4.98 Å². The van der Waals surface area contributed by atoms with Crippen LogP contribution in [0.15, 0.2) is 48.6 Å². The molecule has 1 nitrogen and oxygen atoms in total. The highest BCUT2D eigenvalue weighted by atomic mass is 28.3. The van der Waals surface area contributed by atoms with Crippen molar-refractivity contribution in [1.29, 1.82) is 0 Å². The molecule has 0 atom stereocenters. The van der Waals surface area contributed by atoms with E-state index in [9.17, 15) is 0 Å². The molecule has 0 aliphatic heterocycles. The van der Waals surface area contributed by atoms with Crippen molar-refractivity contribution in [3.8, 4) is 11.3 Å². The lowest BCUT2D eigenvalue weighted by molar-refractivity contribution is 1.32. The van der Waals surface area contributed by atoms with Gasteiger partial charge in [0.2, 0.25) is 0 Å². The minimum Gasteiger partial charge on any atom is -0.256 e. The standard InChI is InChI=1S/C20H23NSi/c1-14-10-15(2)12-17(11-14)20-19-7-6-18(22(3,4)5)13-16(19)8-9-21-20/h6-13H,1-5H3/i8D,9D. The lowest BCUT2D eigenvalue weighted by Crippen LogP contribution is -2.37. The molecular weight excluding hydrogens is 282 g/mol. The Hall–Kier alpha value is -1.93. The van der Waals surface area contributed by atoms with E-state index in [0.717, 1.165) is 22.0 Å². The summed E-state index contributed by atoms with van der Waals surface area (Å²) in [5.74, 6) is 0. The molecule has 22 heavy (non-hydrogen) atoms. The molecular formula is C20H23NSi. The van der Waals surface area contributed by atoms with Crippen LogP contribution in [0.3, 0.4) is 0 Å². The average Bonchev–Trinajstić information content (AvgIpc) is 2.48. The molecule has 1 heterocycles. The third-order valence-electron chi connectivity index (χ3n) is 3.99. The molecule has 0 fully saturated rings. The van der Waals surface area contributed by atoms with Crippen molar-refractivity contribution in [1.82, 2.24) is 4.98 Å². The fourth-order valence-electron chi connectivity index (χ4n) is 2.86. The van der Waals surface area contributed by atoms with Crippen LogP contribution in [0.1, 0.15) is 13.9 Å². The summed E-state index contributed by atoms with van der Waals surface area (Å²) in [6, 6.07) is 12.9. The van der Waals surface area contributed by atoms with Crippen molar-refractivity contribution in [2.45, 2.75) is 33.5 Å². The number of rotatable bonds is 2. The van der Waals surface area contributed by atoms with E-state index in [2.05, 4.69) is 74.9 Å². The zero-order chi connectivity index (χ0) is 17.6. The van der Waals surface area contributed by atoms with Crippen LogP contribution < -0.4 is 5.19 Å². The molecule has 0 saturated heterocycles. The van der Waals surface area contributed by atoms with Crippen LogP contribution in [0.25, 0.3) is 22.0 Å². The maximum atomic E-state index is 8.30. The molecule has 0 saturated carbocycles. The van der Waals surface area contributed by atoms with Gasteiger partial charge in [0, 0.05) is 17.1 Å². The van der Waals surface area contributed by atoms with Crippen LogP contribution >= 0.6 is 0 Å². The quantitative estimate of drug-likeness (QED) is 0.603. The van der Waals surface area contributed by atoms with Crippen molar-refractivity contribution in [3.05, 3.63) is 59.7 Å². The van der Waals surface area contributed by atoms with E-state index in [0.29, 0.717) is 0 Å². The molecule has 2 heteroatoms. The molecule has 1 aromatic heterocycles. The molecule has 0 N–H and O–H groups in total. The van der Waals surface area contributed by atoms with Crippen molar-refractivity contribution in [2.75, 3.05) is 0 Å². The SMILES string of the molecule is [2H]c1nc(-c2cc(C)cc(C)c2)c2ccc([Si](C)(C)C)cc2c1[2H]. The zero-order valence-electron chi connectivity index (χ0n) is 15.9. The second-order valence-corrected chi connectivity index (χ2v) is 12.2. The van der Waals surface area contributed by atoms with Gasteiger partial charge in [-0.05, 0) is 37.4 Å². The number of fused-ring (bicyclic) bond motifs is 1. The fraction of sp³-hybridized carbons (Fsp3) is 0.250. The number of aryl methyl sites for hydroxylation is 2. The highest BCUT2D eigenvalue weighted by molar-refractivity contribution is 6.88. The maximum absolute atomic E-state index is 8.30. The number of nitrogens with zero attached hydrogens (tertiary/aromatic N) is 1. The minimum atomic E-state index is -1.47. The zero-order valence-corrected chi connectivity index (χ0v) is 14.9. The molecule has 0 spiro atoms. The van der Waals surface area contributed by atoms with Crippen molar-refractivity contribution in [3.63, 3.8) is 0 Å². The number of pyridine rings is 1. The molecule has 0 bridgehead atoms. The fourth-order valence-corrected chi connectivity index (χ4v) is 4.02. The summed E-state index contributed by atoms with van der Waals surface area (Å²) in [5, 5.41) is 3.10. The molecule has 0 unspecified atom stereocenters. The predicted octanol–water partition coefficient (Wildman–Crippen LogP) is 5.06. The molecule has 0 aliphatic rings. The Bertz CT molecular complexity index is 922. The lowest BCUT2D eigenvalue weighted by atomic mass is 10.0. The summed E-state index contributed by atoms with van der Waals surface area (Å²) < 4.78 is 16.4. The number of hydrogen-bond acceptors (Lipinski definition) is 1. The summed E-state index contributed by atoms with van der Waals surface area (Å²) >= 11 is 0. The maximum Gasteiger partial charge on any atom is 0.0840 e. The van der Waals surface area contributed by atoms with Gasteiger partial charge in [-0.25, -0.2) is 0 Å². The summed E-state index contributed by atoms with van der Waals surface area (Å²) in [4.78, 5) is 4.44. The van der Waals surface area contributed by atoms with Gasteiger partial charge < -0.3 is 0 Å². The van der Waals surface area contributed by atoms with E-state index >= 15 is 0 Å². The van der Waals surface area contributed by atoms with Gasteiger partial charge in [-0.15, -0.1) is 0 Å². The Morgan fingerprint density at radius 1 is 0.955 bits per heavy atom. The summed E-state index contributed by atoms with van der Waals surface area (Å²) in [7, 11) is -1.47. The van der Waals surface area contributed by atoms with Crippen molar-refractivity contribution < 1.29 is 2.74 Å².